The van der Waals surface area contributed by atoms with Crippen LogP contribution in [-0.4, -0.2) is 20.5 Å². The van der Waals surface area contributed by atoms with Gasteiger partial charge in [-0.2, -0.15) is 0 Å². The lowest BCUT2D eigenvalue weighted by molar-refractivity contribution is -0.0187. The number of ether oxygens (including phenoxy) is 2. The van der Waals surface area contributed by atoms with E-state index < -0.39 is 0 Å². The van der Waals surface area contributed by atoms with Crippen LogP contribution in [0.1, 0.15) is 20.8 Å². The normalized spacial score (nSPS) is 13.2. The lowest BCUT2D eigenvalue weighted by Crippen LogP contribution is -2.03. The maximum Gasteiger partial charge on any atom is 0.146 e. The minimum atomic E-state index is 0.116. The van der Waals surface area contributed by atoms with Crippen LogP contribution in [0.5, 0.6) is 0 Å². The Hall–Kier alpha value is -0.600. The molecule has 0 aliphatic carbocycles. The summed E-state index contributed by atoms with van der Waals surface area (Å²) in [5, 5.41) is 0. The lowest BCUT2D eigenvalue weighted by Gasteiger charge is -2.13. The van der Waals surface area contributed by atoms with Crippen molar-refractivity contribution in [3.05, 3.63) is 24.3 Å². The molecule has 0 aliphatic rings. The van der Waals surface area contributed by atoms with Crippen molar-refractivity contribution in [2.24, 2.45) is 5.41 Å². The molecule has 0 spiro atoms. The molecular weight excluding hydrogens is 164 g/mol. The van der Waals surface area contributed by atoms with E-state index in [9.17, 15) is 0 Å². The molecule has 0 aromatic carbocycles. The summed E-state index contributed by atoms with van der Waals surface area (Å²) >= 11 is 0. The van der Waals surface area contributed by atoms with Gasteiger partial charge in [0.1, 0.15) is 6.79 Å². The molecule has 0 heterocycles. The van der Waals surface area contributed by atoms with Gasteiger partial charge in [0.15, 0.2) is 0 Å². The first kappa shape index (κ1) is 12.4. The summed E-state index contributed by atoms with van der Waals surface area (Å²) in [5.41, 5.74) is 0.116. The fourth-order valence-corrected chi connectivity index (χ4v) is 1.04. The smallest absolute Gasteiger partial charge is 0.146 e. The zero-order chi connectivity index (χ0) is 10.2. The second-order valence-electron chi connectivity index (χ2n) is 3.50. The van der Waals surface area contributed by atoms with Crippen molar-refractivity contribution >= 4 is 0 Å². The van der Waals surface area contributed by atoms with E-state index in [1.807, 2.05) is 13.0 Å². The van der Waals surface area contributed by atoms with E-state index in [0.717, 1.165) is 0 Å². The van der Waals surface area contributed by atoms with Gasteiger partial charge in [0, 0.05) is 12.5 Å². The molecule has 0 amide bonds. The van der Waals surface area contributed by atoms with E-state index in [2.05, 4.69) is 32.1 Å². The van der Waals surface area contributed by atoms with Crippen LogP contribution in [0, 0.1) is 5.41 Å². The quantitative estimate of drug-likeness (QED) is 0.359. The maximum atomic E-state index is 5.12. The summed E-state index contributed by atoms with van der Waals surface area (Å²) in [5.74, 6) is 0. The van der Waals surface area contributed by atoms with Crippen LogP contribution in [0.25, 0.3) is 0 Å². The largest absolute Gasteiger partial charge is 0.359 e. The van der Waals surface area contributed by atoms with Gasteiger partial charge in [0.05, 0.1) is 6.61 Å². The minimum absolute atomic E-state index is 0.116. The number of hydrogen-bond donors (Lipinski definition) is 0. The summed E-state index contributed by atoms with van der Waals surface area (Å²) in [4.78, 5) is 0. The second kappa shape index (κ2) is 6.87. The standard InChI is InChI=1S/C11H20O2/c1-5-7-11(2,3)8-6-9-13-10-12-4/h5-8H,9-10H2,1-4H3/b7-5-,8-6-. The molecule has 0 radical (unpaired) electrons. The Bertz CT molecular complexity index is 169. The van der Waals surface area contributed by atoms with Gasteiger partial charge in [-0.15, -0.1) is 0 Å². The highest BCUT2D eigenvalue weighted by Crippen LogP contribution is 2.18. The molecule has 0 aromatic rings. The molecule has 0 atom stereocenters. The van der Waals surface area contributed by atoms with Crippen LogP contribution in [0.4, 0.5) is 0 Å². The highest BCUT2D eigenvalue weighted by Gasteiger charge is 2.06. The fourth-order valence-electron chi connectivity index (χ4n) is 1.04. The Morgan fingerprint density at radius 2 is 1.92 bits per heavy atom. The maximum absolute atomic E-state index is 5.12. The lowest BCUT2D eigenvalue weighted by atomic mass is 9.93. The molecule has 0 aliphatic heterocycles. The summed E-state index contributed by atoms with van der Waals surface area (Å²) < 4.78 is 9.87. The van der Waals surface area contributed by atoms with Crippen molar-refractivity contribution in [1.82, 2.24) is 0 Å². The molecule has 0 saturated carbocycles. The summed E-state index contributed by atoms with van der Waals surface area (Å²) in [7, 11) is 1.62. The van der Waals surface area contributed by atoms with Gasteiger partial charge in [0.2, 0.25) is 0 Å². The zero-order valence-corrected chi connectivity index (χ0v) is 9.04. The number of rotatable bonds is 6. The van der Waals surface area contributed by atoms with Gasteiger partial charge < -0.3 is 9.47 Å². The molecule has 13 heavy (non-hydrogen) atoms. The summed E-state index contributed by atoms with van der Waals surface area (Å²) in [6, 6.07) is 0. The zero-order valence-electron chi connectivity index (χ0n) is 9.04. The molecule has 76 valence electrons. The summed E-state index contributed by atoms with van der Waals surface area (Å²) in [6.07, 6.45) is 8.35. The van der Waals surface area contributed by atoms with E-state index in [0.29, 0.717) is 13.4 Å². The minimum Gasteiger partial charge on any atom is -0.359 e. The Labute approximate surface area is 81.2 Å². The third kappa shape index (κ3) is 7.75. The predicted octanol–water partition coefficient (Wildman–Crippen LogP) is 2.77. The third-order valence-electron chi connectivity index (χ3n) is 1.56. The number of methoxy groups -OCH3 is 1. The molecule has 0 saturated heterocycles. The monoisotopic (exact) mass is 184 g/mol. The third-order valence-corrected chi connectivity index (χ3v) is 1.56. The first-order chi connectivity index (χ1) is 6.12. The van der Waals surface area contributed by atoms with Crippen LogP contribution in [0.3, 0.4) is 0 Å². The molecule has 0 rings (SSSR count). The van der Waals surface area contributed by atoms with Crippen LogP contribution in [0.15, 0.2) is 24.3 Å². The molecule has 2 heteroatoms. The van der Waals surface area contributed by atoms with Gasteiger partial charge in [-0.25, -0.2) is 0 Å². The van der Waals surface area contributed by atoms with Crippen molar-refractivity contribution in [1.29, 1.82) is 0 Å². The van der Waals surface area contributed by atoms with Crippen molar-refractivity contribution in [2.45, 2.75) is 20.8 Å². The van der Waals surface area contributed by atoms with E-state index in [1.54, 1.807) is 7.11 Å². The van der Waals surface area contributed by atoms with E-state index >= 15 is 0 Å². The van der Waals surface area contributed by atoms with Gasteiger partial charge in [-0.3, -0.25) is 0 Å². The Balaban J connectivity index is 3.69. The van der Waals surface area contributed by atoms with E-state index in [-0.39, 0.29) is 5.41 Å². The number of hydrogen-bond acceptors (Lipinski definition) is 2. The molecule has 0 fully saturated rings. The van der Waals surface area contributed by atoms with Gasteiger partial charge in [-0.1, -0.05) is 38.2 Å². The number of allylic oxidation sites excluding steroid dienone is 3. The molecule has 0 bridgehead atoms. The van der Waals surface area contributed by atoms with Crippen molar-refractivity contribution < 1.29 is 9.47 Å². The molecular formula is C11H20O2. The Morgan fingerprint density at radius 3 is 2.46 bits per heavy atom. The van der Waals surface area contributed by atoms with Gasteiger partial charge >= 0.3 is 0 Å². The molecule has 2 nitrogen and oxygen atoms in total. The Morgan fingerprint density at radius 1 is 1.23 bits per heavy atom. The van der Waals surface area contributed by atoms with E-state index in [1.165, 1.54) is 0 Å². The predicted molar refractivity (Wildman–Crippen MR) is 55.6 cm³/mol. The van der Waals surface area contributed by atoms with Crippen molar-refractivity contribution in [3.8, 4) is 0 Å². The Kier molecular flexibility index (Phi) is 6.55. The van der Waals surface area contributed by atoms with Gasteiger partial charge in [-0.05, 0) is 6.92 Å². The van der Waals surface area contributed by atoms with Crippen molar-refractivity contribution in [3.63, 3.8) is 0 Å². The van der Waals surface area contributed by atoms with Crippen molar-refractivity contribution in [2.75, 3.05) is 20.5 Å². The SMILES string of the molecule is C/C=C\C(C)(C)/C=C\COCOC. The van der Waals surface area contributed by atoms with Crippen LogP contribution >= 0.6 is 0 Å². The van der Waals surface area contributed by atoms with Gasteiger partial charge in [0.25, 0.3) is 0 Å². The molecule has 0 unspecified atom stereocenters. The molecule has 0 aromatic heterocycles. The topological polar surface area (TPSA) is 18.5 Å². The fraction of sp³-hybridized carbons (Fsp3) is 0.636. The van der Waals surface area contributed by atoms with Crippen LogP contribution < -0.4 is 0 Å². The molecule has 0 N–H and O–H groups in total. The first-order valence-electron chi connectivity index (χ1n) is 4.50. The first-order valence-corrected chi connectivity index (χ1v) is 4.50. The van der Waals surface area contributed by atoms with Crippen LogP contribution in [-0.2, 0) is 9.47 Å². The average molecular weight is 184 g/mol. The average Bonchev–Trinajstić information content (AvgIpc) is 2.04. The van der Waals surface area contributed by atoms with Crippen LogP contribution in [0.2, 0.25) is 0 Å². The second-order valence-corrected chi connectivity index (χ2v) is 3.50. The highest BCUT2D eigenvalue weighted by molar-refractivity contribution is 5.06. The highest BCUT2D eigenvalue weighted by atomic mass is 16.7. The summed E-state index contributed by atoms with van der Waals surface area (Å²) in [6.45, 7) is 7.29. The van der Waals surface area contributed by atoms with E-state index in [4.69, 9.17) is 9.47 Å².